The molecule has 0 aliphatic rings. The van der Waals surface area contributed by atoms with Crippen molar-refractivity contribution >= 4 is 7.48 Å². The van der Waals surface area contributed by atoms with E-state index in [0.717, 1.165) is 6.61 Å². The predicted molar refractivity (Wildman–Crippen MR) is 36.8 cm³/mol. The van der Waals surface area contributed by atoms with Gasteiger partial charge in [-0.1, -0.05) is 18.5 Å². The van der Waals surface area contributed by atoms with Gasteiger partial charge in [0.05, 0.1) is 0 Å². The second kappa shape index (κ2) is 4.91. The maximum absolute atomic E-state index is 4.99. The van der Waals surface area contributed by atoms with Crippen LogP contribution in [0.2, 0.25) is 0 Å². The first-order valence-electron chi connectivity index (χ1n) is 2.89. The molecule has 0 bridgehead atoms. The van der Waals surface area contributed by atoms with Gasteiger partial charge in [-0.05, 0) is 13.8 Å². The molecule has 1 nitrogen and oxygen atoms in total. The summed E-state index contributed by atoms with van der Waals surface area (Å²) in [7, 11) is 1.76. The van der Waals surface area contributed by atoms with E-state index >= 15 is 0 Å². The van der Waals surface area contributed by atoms with Crippen LogP contribution in [0.5, 0.6) is 0 Å². The molecular weight excluding hydrogens is 98.9 g/mol. The molecule has 0 aliphatic carbocycles. The molecule has 8 heavy (non-hydrogen) atoms. The summed E-state index contributed by atoms with van der Waals surface area (Å²) in [5.41, 5.74) is 1.17. The van der Waals surface area contributed by atoms with Crippen LogP contribution in [0.3, 0.4) is 0 Å². The van der Waals surface area contributed by atoms with E-state index in [2.05, 4.69) is 0 Å². The zero-order chi connectivity index (χ0) is 6.41. The van der Waals surface area contributed by atoms with Gasteiger partial charge in [-0.3, -0.25) is 0 Å². The average Bonchev–Trinajstić information content (AvgIpc) is 1.83. The lowest BCUT2D eigenvalue weighted by Crippen LogP contribution is -1.98. The van der Waals surface area contributed by atoms with Crippen LogP contribution in [0, 0.1) is 0 Å². The quantitative estimate of drug-likeness (QED) is 0.502. The van der Waals surface area contributed by atoms with Gasteiger partial charge >= 0.3 is 7.48 Å². The zero-order valence-electron chi connectivity index (χ0n) is 5.77. The number of allylic oxidation sites excluding steroid dienone is 2. The van der Waals surface area contributed by atoms with Crippen LogP contribution in [0.4, 0.5) is 0 Å². The van der Waals surface area contributed by atoms with Crippen molar-refractivity contribution in [1.82, 2.24) is 0 Å². The molecule has 0 aliphatic heterocycles. The lowest BCUT2D eigenvalue weighted by molar-refractivity contribution is 0.365. The van der Waals surface area contributed by atoms with Crippen LogP contribution < -0.4 is 0 Å². The standard InChI is InChI=1S/C6H12BO/c1-4-6(3)7-8-5-2/h4H,5H2,1-3H3. The largest absolute Gasteiger partial charge is 0.435 e. The van der Waals surface area contributed by atoms with Gasteiger partial charge in [-0.2, -0.15) is 0 Å². The van der Waals surface area contributed by atoms with E-state index in [1.807, 2.05) is 26.8 Å². The molecule has 1 radical (unpaired) electrons. The summed E-state index contributed by atoms with van der Waals surface area (Å²) in [4.78, 5) is 0. The van der Waals surface area contributed by atoms with Gasteiger partial charge in [0.25, 0.3) is 0 Å². The first-order valence-corrected chi connectivity index (χ1v) is 2.89. The van der Waals surface area contributed by atoms with Crippen molar-refractivity contribution in [3.8, 4) is 0 Å². The summed E-state index contributed by atoms with van der Waals surface area (Å²) in [6, 6.07) is 0. The summed E-state index contributed by atoms with van der Waals surface area (Å²) in [5, 5.41) is 0. The highest BCUT2D eigenvalue weighted by atomic mass is 16.4. The van der Waals surface area contributed by atoms with Gasteiger partial charge in [-0.25, -0.2) is 0 Å². The molecule has 0 aromatic rings. The molecule has 0 atom stereocenters. The molecule has 0 heterocycles. The van der Waals surface area contributed by atoms with Gasteiger partial charge in [0, 0.05) is 6.61 Å². The number of hydrogen-bond acceptors (Lipinski definition) is 1. The molecule has 0 aromatic carbocycles. The maximum Gasteiger partial charge on any atom is 0.325 e. The minimum absolute atomic E-state index is 0.755. The molecule has 0 aromatic heterocycles. The van der Waals surface area contributed by atoms with Crippen molar-refractivity contribution in [3.05, 3.63) is 11.5 Å². The molecule has 0 N–H and O–H groups in total. The Kier molecular flexibility index (Phi) is 4.77. The summed E-state index contributed by atoms with van der Waals surface area (Å²) >= 11 is 0. The number of rotatable bonds is 3. The highest BCUT2D eigenvalue weighted by Crippen LogP contribution is 1.87. The second-order valence-corrected chi connectivity index (χ2v) is 1.61. The summed E-state index contributed by atoms with van der Waals surface area (Å²) in [6.45, 7) is 6.73. The summed E-state index contributed by atoms with van der Waals surface area (Å²) in [6.07, 6.45) is 2.01. The maximum atomic E-state index is 4.99. The Morgan fingerprint density at radius 1 is 1.75 bits per heavy atom. The molecule has 0 fully saturated rings. The Bertz CT molecular complexity index is 78.6. The molecule has 2 heteroatoms. The molecule has 45 valence electrons. The second-order valence-electron chi connectivity index (χ2n) is 1.61. The Balaban J connectivity index is 3.12. The molecule has 0 spiro atoms. The van der Waals surface area contributed by atoms with Gasteiger partial charge in [0.1, 0.15) is 0 Å². The Morgan fingerprint density at radius 3 is 2.75 bits per heavy atom. The molecule has 0 unspecified atom stereocenters. The molecule has 0 rings (SSSR count). The molecule has 0 amide bonds. The molecule has 0 saturated carbocycles. The van der Waals surface area contributed by atoms with Gasteiger partial charge in [0.15, 0.2) is 0 Å². The normalized spacial score (nSPS) is 11.6. The lowest BCUT2D eigenvalue weighted by Gasteiger charge is -1.94. The van der Waals surface area contributed by atoms with Crippen LogP contribution >= 0.6 is 0 Å². The van der Waals surface area contributed by atoms with Crippen LogP contribution in [-0.2, 0) is 4.65 Å². The van der Waals surface area contributed by atoms with Crippen LogP contribution in [0.15, 0.2) is 11.5 Å². The first kappa shape index (κ1) is 7.76. The summed E-state index contributed by atoms with van der Waals surface area (Å²) < 4.78 is 4.99. The highest BCUT2D eigenvalue weighted by Gasteiger charge is 1.88. The van der Waals surface area contributed by atoms with Crippen molar-refractivity contribution in [3.63, 3.8) is 0 Å². The Labute approximate surface area is 52.0 Å². The fourth-order valence-corrected chi connectivity index (χ4v) is 0.283. The van der Waals surface area contributed by atoms with E-state index in [1.54, 1.807) is 7.48 Å². The van der Waals surface area contributed by atoms with E-state index in [4.69, 9.17) is 4.65 Å². The third-order valence-corrected chi connectivity index (χ3v) is 0.891. The van der Waals surface area contributed by atoms with Crippen molar-refractivity contribution in [2.24, 2.45) is 0 Å². The Morgan fingerprint density at radius 2 is 2.38 bits per heavy atom. The van der Waals surface area contributed by atoms with Crippen molar-refractivity contribution < 1.29 is 4.65 Å². The fourth-order valence-electron chi connectivity index (χ4n) is 0.283. The van der Waals surface area contributed by atoms with Crippen LogP contribution in [0.1, 0.15) is 20.8 Å². The topological polar surface area (TPSA) is 9.23 Å². The van der Waals surface area contributed by atoms with Gasteiger partial charge < -0.3 is 4.65 Å². The van der Waals surface area contributed by atoms with E-state index in [9.17, 15) is 0 Å². The smallest absolute Gasteiger partial charge is 0.325 e. The zero-order valence-corrected chi connectivity index (χ0v) is 5.77. The van der Waals surface area contributed by atoms with E-state index in [1.165, 1.54) is 5.47 Å². The van der Waals surface area contributed by atoms with E-state index in [-0.39, 0.29) is 0 Å². The minimum atomic E-state index is 0.755. The molecule has 0 saturated heterocycles. The van der Waals surface area contributed by atoms with Crippen molar-refractivity contribution in [2.45, 2.75) is 20.8 Å². The number of hydrogen-bond donors (Lipinski definition) is 0. The average molecular weight is 111 g/mol. The lowest BCUT2D eigenvalue weighted by atomic mass is 9.89. The third-order valence-electron chi connectivity index (χ3n) is 0.891. The molecular formula is C6H12BO. The van der Waals surface area contributed by atoms with E-state index in [0.29, 0.717) is 0 Å². The predicted octanol–water partition coefficient (Wildman–Crippen LogP) is 1.57. The van der Waals surface area contributed by atoms with Gasteiger partial charge in [-0.15, -0.1) is 0 Å². The highest BCUT2D eigenvalue weighted by molar-refractivity contribution is 6.37. The van der Waals surface area contributed by atoms with E-state index < -0.39 is 0 Å². The van der Waals surface area contributed by atoms with Crippen LogP contribution in [-0.4, -0.2) is 14.1 Å². The summed E-state index contributed by atoms with van der Waals surface area (Å²) in [5.74, 6) is 0. The monoisotopic (exact) mass is 111 g/mol. The van der Waals surface area contributed by atoms with Crippen molar-refractivity contribution in [1.29, 1.82) is 0 Å². The van der Waals surface area contributed by atoms with Gasteiger partial charge in [0.2, 0.25) is 0 Å². The minimum Gasteiger partial charge on any atom is -0.435 e. The fraction of sp³-hybridized carbons (Fsp3) is 0.667. The Hall–Kier alpha value is -0.235. The van der Waals surface area contributed by atoms with Crippen molar-refractivity contribution in [2.75, 3.05) is 6.61 Å². The SMILES string of the molecule is CC=C(C)[B]OCC. The van der Waals surface area contributed by atoms with Crippen LogP contribution in [0.25, 0.3) is 0 Å². The third kappa shape index (κ3) is 3.94. The first-order chi connectivity index (χ1) is 3.81.